The highest BCUT2D eigenvalue weighted by Crippen LogP contribution is 2.04. The molecule has 1 heterocycles. The number of hydrogen-bond acceptors (Lipinski definition) is 7. The van der Waals surface area contributed by atoms with E-state index in [0.29, 0.717) is 32.2 Å². The Hall–Kier alpha value is -1.02. The Bertz CT molecular complexity index is 332. The monoisotopic (exact) mass is 273 g/mol. The fraction of sp³-hybridized carbons (Fsp3) is 0.636. The maximum atomic E-state index is 9.61. The van der Waals surface area contributed by atoms with Crippen molar-refractivity contribution in [2.45, 2.75) is 13.0 Å². The molecule has 1 atom stereocenters. The average molecular weight is 273 g/mol. The normalized spacial score (nSPS) is 12.3. The summed E-state index contributed by atoms with van der Waals surface area (Å²) in [6.07, 6.45) is 0.948. The zero-order valence-corrected chi connectivity index (χ0v) is 11.3. The number of ether oxygens (including phenoxy) is 2. The summed E-state index contributed by atoms with van der Waals surface area (Å²) < 4.78 is 18.2. The Labute approximate surface area is 111 Å². The highest BCUT2D eigenvalue weighted by atomic mass is 32.1. The molecule has 0 saturated carbocycles. The third-order valence-electron chi connectivity index (χ3n) is 1.92. The van der Waals surface area contributed by atoms with E-state index in [1.165, 1.54) is 6.20 Å². The van der Waals surface area contributed by atoms with Gasteiger partial charge < -0.3 is 19.9 Å². The maximum Gasteiger partial charge on any atom is 0.245 e. The molecule has 1 aromatic heterocycles. The van der Waals surface area contributed by atoms with Crippen molar-refractivity contribution in [3.63, 3.8) is 0 Å². The molecule has 0 amide bonds. The topological polar surface area (TPSA) is 76.5 Å². The summed E-state index contributed by atoms with van der Waals surface area (Å²) in [6.45, 7) is 8.16. The highest BCUT2D eigenvalue weighted by Gasteiger charge is 2.05. The molecule has 1 unspecified atom stereocenters. The van der Waals surface area contributed by atoms with Crippen molar-refractivity contribution in [1.82, 2.24) is 14.1 Å². The molecule has 0 aliphatic heterocycles. The second-order valence-corrected chi connectivity index (χ2v) is 4.48. The molecular weight excluding hydrogens is 254 g/mol. The van der Waals surface area contributed by atoms with Crippen LogP contribution in [-0.2, 0) is 4.74 Å². The van der Waals surface area contributed by atoms with E-state index in [0.717, 1.165) is 17.3 Å². The quantitative estimate of drug-likeness (QED) is 0.476. The van der Waals surface area contributed by atoms with Crippen molar-refractivity contribution in [3.05, 3.63) is 18.3 Å². The van der Waals surface area contributed by atoms with Gasteiger partial charge in [-0.05, 0) is 6.92 Å². The van der Waals surface area contributed by atoms with Gasteiger partial charge in [0, 0.05) is 13.1 Å². The first-order valence-electron chi connectivity index (χ1n) is 5.69. The van der Waals surface area contributed by atoms with Crippen LogP contribution in [0, 0.1) is 0 Å². The predicted octanol–water partition coefficient (Wildman–Crippen LogP) is 0.460. The number of nitrogens with zero attached hydrogens (tertiary/aromatic N) is 2. The van der Waals surface area contributed by atoms with Gasteiger partial charge in [0.05, 0.1) is 24.9 Å². The third-order valence-corrected chi connectivity index (χ3v) is 2.38. The molecule has 2 N–H and O–H groups in total. The predicted molar refractivity (Wildman–Crippen MR) is 69.9 cm³/mol. The van der Waals surface area contributed by atoms with Crippen LogP contribution in [0.4, 0.5) is 0 Å². The molecule has 0 fully saturated rings. The van der Waals surface area contributed by atoms with Crippen molar-refractivity contribution in [3.8, 4) is 5.88 Å². The molecule has 1 aromatic rings. The largest absolute Gasteiger partial charge is 0.473 e. The van der Waals surface area contributed by atoms with Crippen LogP contribution < -0.4 is 10.1 Å². The second kappa shape index (κ2) is 8.98. The van der Waals surface area contributed by atoms with Crippen LogP contribution in [0.25, 0.3) is 0 Å². The fourth-order valence-corrected chi connectivity index (χ4v) is 1.48. The Kier molecular flexibility index (Phi) is 7.51. The molecule has 102 valence electrons. The van der Waals surface area contributed by atoms with Crippen LogP contribution in [0.5, 0.6) is 5.88 Å². The van der Waals surface area contributed by atoms with Crippen molar-refractivity contribution in [1.29, 1.82) is 0 Å². The van der Waals surface area contributed by atoms with E-state index in [-0.39, 0.29) is 6.61 Å². The Morgan fingerprint density at radius 2 is 2.50 bits per heavy atom. The molecule has 0 spiro atoms. The zero-order chi connectivity index (χ0) is 13.2. The van der Waals surface area contributed by atoms with Crippen LogP contribution in [0.2, 0.25) is 0 Å². The van der Waals surface area contributed by atoms with Crippen molar-refractivity contribution in [2.75, 3.05) is 32.9 Å². The molecule has 18 heavy (non-hydrogen) atoms. The minimum atomic E-state index is -0.576. The van der Waals surface area contributed by atoms with Crippen molar-refractivity contribution >= 4 is 11.7 Å². The standard InChI is InChI=1S/C11H19N3O3S/c1-9(2)7-16-4-3-12-5-10(15)8-17-11-6-13-18-14-11/h6,10,12,15H,1,3-5,7-8H2,2H3. The summed E-state index contributed by atoms with van der Waals surface area (Å²) in [5.41, 5.74) is 1.00. The number of aliphatic hydroxyl groups is 1. The highest BCUT2D eigenvalue weighted by molar-refractivity contribution is 6.99. The SMILES string of the molecule is C=C(C)COCCNCC(O)COc1cnsn1. The molecule has 0 saturated heterocycles. The molecule has 0 aromatic carbocycles. The van der Waals surface area contributed by atoms with Crippen LogP contribution >= 0.6 is 11.7 Å². The second-order valence-electron chi connectivity index (χ2n) is 3.92. The van der Waals surface area contributed by atoms with E-state index in [1.807, 2.05) is 6.92 Å². The summed E-state index contributed by atoms with van der Waals surface area (Å²) >= 11 is 1.07. The minimum Gasteiger partial charge on any atom is -0.473 e. The molecule has 0 aliphatic rings. The van der Waals surface area contributed by atoms with Crippen LogP contribution in [-0.4, -0.2) is 52.9 Å². The van der Waals surface area contributed by atoms with Crippen molar-refractivity contribution in [2.24, 2.45) is 0 Å². The van der Waals surface area contributed by atoms with Crippen LogP contribution in [0.1, 0.15) is 6.92 Å². The van der Waals surface area contributed by atoms with Gasteiger partial charge in [0.2, 0.25) is 5.88 Å². The van der Waals surface area contributed by atoms with Gasteiger partial charge in [0.25, 0.3) is 0 Å². The van der Waals surface area contributed by atoms with E-state index in [2.05, 4.69) is 20.6 Å². The molecule has 6 nitrogen and oxygen atoms in total. The smallest absolute Gasteiger partial charge is 0.245 e. The van der Waals surface area contributed by atoms with Gasteiger partial charge in [-0.2, -0.15) is 4.37 Å². The van der Waals surface area contributed by atoms with Gasteiger partial charge in [-0.25, -0.2) is 0 Å². The summed E-state index contributed by atoms with van der Waals surface area (Å²) in [5, 5.41) is 12.7. The third kappa shape index (κ3) is 7.33. The van der Waals surface area contributed by atoms with Gasteiger partial charge in [0.1, 0.15) is 18.9 Å². The Balaban J connectivity index is 1.93. The first kappa shape index (κ1) is 15.0. The molecule has 1 rings (SSSR count). The van der Waals surface area contributed by atoms with Gasteiger partial charge in [-0.3, -0.25) is 0 Å². The number of rotatable bonds is 10. The molecule has 0 bridgehead atoms. The van der Waals surface area contributed by atoms with Gasteiger partial charge in [-0.15, -0.1) is 4.37 Å². The number of hydrogen-bond donors (Lipinski definition) is 2. The molecule has 7 heteroatoms. The summed E-state index contributed by atoms with van der Waals surface area (Å²) in [7, 11) is 0. The zero-order valence-electron chi connectivity index (χ0n) is 10.5. The first-order chi connectivity index (χ1) is 8.68. The minimum absolute atomic E-state index is 0.199. The van der Waals surface area contributed by atoms with E-state index in [1.54, 1.807) is 0 Å². The molecule has 0 radical (unpaired) electrons. The average Bonchev–Trinajstić information content (AvgIpc) is 2.83. The fourth-order valence-electron chi connectivity index (χ4n) is 1.12. The lowest BCUT2D eigenvalue weighted by Crippen LogP contribution is -2.33. The van der Waals surface area contributed by atoms with E-state index >= 15 is 0 Å². The van der Waals surface area contributed by atoms with Gasteiger partial charge in [0.15, 0.2) is 0 Å². The molecule has 0 aliphatic carbocycles. The maximum absolute atomic E-state index is 9.61. The van der Waals surface area contributed by atoms with Gasteiger partial charge in [-0.1, -0.05) is 12.2 Å². The van der Waals surface area contributed by atoms with Gasteiger partial charge >= 0.3 is 0 Å². The number of aromatic nitrogens is 2. The number of aliphatic hydroxyl groups excluding tert-OH is 1. The first-order valence-corrected chi connectivity index (χ1v) is 6.42. The van der Waals surface area contributed by atoms with E-state index in [9.17, 15) is 5.11 Å². The summed E-state index contributed by atoms with van der Waals surface area (Å²) in [5.74, 6) is 0.448. The van der Waals surface area contributed by atoms with E-state index < -0.39 is 6.10 Å². The summed E-state index contributed by atoms with van der Waals surface area (Å²) in [4.78, 5) is 0. The lowest BCUT2D eigenvalue weighted by atomic mass is 10.4. The van der Waals surface area contributed by atoms with Crippen LogP contribution in [0.3, 0.4) is 0 Å². The summed E-state index contributed by atoms with van der Waals surface area (Å²) in [6, 6.07) is 0. The van der Waals surface area contributed by atoms with Crippen LogP contribution in [0.15, 0.2) is 18.3 Å². The lowest BCUT2D eigenvalue weighted by molar-refractivity contribution is 0.0994. The lowest BCUT2D eigenvalue weighted by Gasteiger charge is -2.11. The number of nitrogens with one attached hydrogen (secondary N) is 1. The van der Waals surface area contributed by atoms with E-state index in [4.69, 9.17) is 9.47 Å². The Morgan fingerprint density at radius 1 is 1.67 bits per heavy atom. The Morgan fingerprint density at radius 3 is 3.17 bits per heavy atom. The molecular formula is C11H19N3O3S. The van der Waals surface area contributed by atoms with Crippen molar-refractivity contribution < 1.29 is 14.6 Å².